The Hall–Kier alpha value is -0.570. The fraction of sp³-hybridized carbons (Fsp3) is 0.950. The summed E-state index contributed by atoms with van der Waals surface area (Å²) in [5, 5.41) is 11.5. The lowest BCUT2D eigenvalue weighted by Gasteiger charge is -2.04. The second kappa shape index (κ2) is 19.5. The normalized spacial score (nSPS) is 10.9. The molecule has 3 heteroatoms. The zero-order valence-corrected chi connectivity index (χ0v) is 15.6. The lowest BCUT2D eigenvalue weighted by Crippen LogP contribution is -2.24. The zero-order valence-electron chi connectivity index (χ0n) is 15.6. The number of hydrogen-bond donors (Lipinski definition) is 2. The topological polar surface area (TPSA) is 49.3 Å². The summed E-state index contributed by atoms with van der Waals surface area (Å²) in [6.45, 7) is 3.03. The highest BCUT2D eigenvalue weighted by molar-refractivity contribution is 5.75. The molecule has 23 heavy (non-hydrogen) atoms. The molecule has 1 amide bonds. The van der Waals surface area contributed by atoms with Crippen LogP contribution in [0.2, 0.25) is 0 Å². The number of aliphatic hydroxyl groups excluding tert-OH is 1. The van der Waals surface area contributed by atoms with Gasteiger partial charge in [0.1, 0.15) is 0 Å². The van der Waals surface area contributed by atoms with Gasteiger partial charge < -0.3 is 10.4 Å². The maximum atomic E-state index is 11.4. The second-order valence-electron chi connectivity index (χ2n) is 6.77. The summed E-state index contributed by atoms with van der Waals surface area (Å²) >= 11 is 0. The quantitative estimate of drug-likeness (QED) is 0.333. The Morgan fingerprint density at radius 1 is 0.696 bits per heavy atom. The summed E-state index contributed by atoms with van der Waals surface area (Å²) in [6.07, 6.45) is 20.1. The van der Waals surface area contributed by atoms with Gasteiger partial charge in [0.15, 0.2) is 0 Å². The molecule has 0 unspecified atom stereocenters. The summed E-state index contributed by atoms with van der Waals surface area (Å²) in [4.78, 5) is 11.4. The predicted molar refractivity (Wildman–Crippen MR) is 99.6 cm³/mol. The van der Waals surface area contributed by atoms with Gasteiger partial charge in [-0.3, -0.25) is 4.79 Å². The van der Waals surface area contributed by atoms with Crippen molar-refractivity contribution in [3.8, 4) is 0 Å². The number of amides is 1. The van der Waals surface area contributed by atoms with E-state index in [-0.39, 0.29) is 12.5 Å². The van der Waals surface area contributed by atoms with Crippen molar-refractivity contribution in [3.05, 3.63) is 0 Å². The van der Waals surface area contributed by atoms with Gasteiger partial charge in [0, 0.05) is 19.6 Å². The Morgan fingerprint density at radius 2 is 1.13 bits per heavy atom. The van der Waals surface area contributed by atoms with E-state index in [2.05, 4.69) is 12.2 Å². The van der Waals surface area contributed by atoms with Crippen LogP contribution in [0.1, 0.15) is 110 Å². The first-order valence-electron chi connectivity index (χ1n) is 10.2. The molecule has 0 radical (unpaired) electrons. The number of carbonyl (C=O) groups is 1. The summed E-state index contributed by atoms with van der Waals surface area (Å²) < 4.78 is 0. The molecule has 2 N–H and O–H groups in total. The van der Waals surface area contributed by atoms with Gasteiger partial charge in [-0.15, -0.1) is 0 Å². The Bertz CT molecular complexity index is 244. The van der Waals surface area contributed by atoms with E-state index in [9.17, 15) is 4.79 Å². The van der Waals surface area contributed by atoms with Crippen LogP contribution in [0, 0.1) is 0 Å². The van der Waals surface area contributed by atoms with E-state index in [1.165, 1.54) is 83.5 Å². The molecule has 0 aromatic heterocycles. The van der Waals surface area contributed by atoms with Gasteiger partial charge in [0.25, 0.3) is 0 Å². The van der Waals surface area contributed by atoms with E-state index in [1.807, 2.05) is 0 Å². The second-order valence-corrected chi connectivity index (χ2v) is 6.77. The number of nitrogens with one attached hydrogen (secondary N) is 1. The Labute approximate surface area is 144 Å². The highest BCUT2D eigenvalue weighted by Gasteiger charge is 2.00. The van der Waals surface area contributed by atoms with E-state index >= 15 is 0 Å². The molecule has 0 heterocycles. The number of aliphatic hydroxyl groups is 1. The van der Waals surface area contributed by atoms with E-state index < -0.39 is 0 Å². The van der Waals surface area contributed by atoms with E-state index in [4.69, 9.17) is 5.11 Å². The molecule has 0 aliphatic carbocycles. The minimum atomic E-state index is 0.136. The molecule has 0 saturated carbocycles. The SMILES string of the molecule is CCCCCCCCCCCCCCCCC(=O)NCCCO. The van der Waals surface area contributed by atoms with Crippen LogP contribution in [0.3, 0.4) is 0 Å². The summed E-state index contributed by atoms with van der Waals surface area (Å²) in [6, 6.07) is 0. The molecular weight excluding hydrogens is 286 g/mol. The Kier molecular flexibility index (Phi) is 19.0. The summed E-state index contributed by atoms with van der Waals surface area (Å²) in [7, 11) is 0. The van der Waals surface area contributed by atoms with Crippen LogP contribution in [0.15, 0.2) is 0 Å². The van der Waals surface area contributed by atoms with Crippen molar-refractivity contribution in [2.45, 2.75) is 110 Å². The van der Waals surface area contributed by atoms with Gasteiger partial charge in [-0.2, -0.15) is 0 Å². The molecule has 0 bridgehead atoms. The number of rotatable bonds is 18. The first kappa shape index (κ1) is 22.4. The van der Waals surface area contributed by atoms with Crippen molar-refractivity contribution in [1.82, 2.24) is 5.32 Å². The van der Waals surface area contributed by atoms with Crippen molar-refractivity contribution < 1.29 is 9.90 Å². The molecule has 0 aliphatic rings. The third kappa shape index (κ3) is 19.4. The average Bonchev–Trinajstić information content (AvgIpc) is 2.55. The van der Waals surface area contributed by atoms with Crippen molar-refractivity contribution in [2.75, 3.05) is 13.2 Å². The summed E-state index contributed by atoms with van der Waals surface area (Å²) in [5.41, 5.74) is 0. The van der Waals surface area contributed by atoms with Gasteiger partial charge in [-0.1, -0.05) is 90.4 Å². The van der Waals surface area contributed by atoms with Gasteiger partial charge in [-0.25, -0.2) is 0 Å². The lowest BCUT2D eigenvalue weighted by molar-refractivity contribution is -0.121. The van der Waals surface area contributed by atoms with Crippen molar-refractivity contribution in [1.29, 1.82) is 0 Å². The molecule has 0 fully saturated rings. The minimum Gasteiger partial charge on any atom is -0.396 e. The first-order valence-corrected chi connectivity index (χ1v) is 10.2. The standard InChI is InChI=1S/C20H41NO2/c1-2-3-4-5-6-7-8-9-10-11-12-13-14-15-17-20(23)21-18-16-19-22/h22H,2-19H2,1H3,(H,21,23). The smallest absolute Gasteiger partial charge is 0.219 e. The summed E-state index contributed by atoms with van der Waals surface area (Å²) in [5.74, 6) is 0.136. The molecule has 0 aliphatic heterocycles. The third-order valence-corrected chi connectivity index (χ3v) is 4.41. The third-order valence-electron chi connectivity index (χ3n) is 4.41. The molecule has 0 atom stereocenters. The molecule has 0 aromatic carbocycles. The maximum absolute atomic E-state index is 11.4. The van der Waals surface area contributed by atoms with E-state index in [0.717, 1.165) is 6.42 Å². The molecule has 0 spiro atoms. The Morgan fingerprint density at radius 3 is 1.57 bits per heavy atom. The van der Waals surface area contributed by atoms with Crippen LogP contribution in [-0.2, 0) is 4.79 Å². The van der Waals surface area contributed by atoms with E-state index in [0.29, 0.717) is 19.4 Å². The van der Waals surface area contributed by atoms with Crippen LogP contribution < -0.4 is 5.32 Å². The van der Waals surface area contributed by atoms with Gasteiger partial charge in [0.2, 0.25) is 5.91 Å². The highest BCUT2D eigenvalue weighted by Crippen LogP contribution is 2.13. The molecule has 0 aromatic rings. The number of unbranched alkanes of at least 4 members (excludes halogenated alkanes) is 13. The van der Waals surface area contributed by atoms with Gasteiger partial charge in [0.05, 0.1) is 0 Å². The number of carbonyl (C=O) groups excluding carboxylic acids is 1. The average molecular weight is 328 g/mol. The molecule has 0 rings (SSSR count). The fourth-order valence-corrected chi connectivity index (χ4v) is 2.88. The number of hydrogen-bond acceptors (Lipinski definition) is 2. The fourth-order valence-electron chi connectivity index (χ4n) is 2.88. The molecule has 138 valence electrons. The first-order chi connectivity index (χ1) is 11.3. The highest BCUT2D eigenvalue weighted by atomic mass is 16.3. The van der Waals surface area contributed by atoms with Gasteiger partial charge in [-0.05, 0) is 12.8 Å². The van der Waals surface area contributed by atoms with Crippen molar-refractivity contribution in [2.24, 2.45) is 0 Å². The lowest BCUT2D eigenvalue weighted by atomic mass is 10.0. The zero-order chi connectivity index (χ0) is 17.0. The molecular formula is C20H41NO2. The largest absolute Gasteiger partial charge is 0.396 e. The molecule has 3 nitrogen and oxygen atoms in total. The van der Waals surface area contributed by atoms with Crippen molar-refractivity contribution in [3.63, 3.8) is 0 Å². The minimum absolute atomic E-state index is 0.136. The van der Waals surface area contributed by atoms with Crippen LogP contribution in [-0.4, -0.2) is 24.2 Å². The van der Waals surface area contributed by atoms with Crippen molar-refractivity contribution >= 4 is 5.91 Å². The van der Waals surface area contributed by atoms with Crippen LogP contribution in [0.4, 0.5) is 0 Å². The van der Waals surface area contributed by atoms with E-state index in [1.54, 1.807) is 0 Å². The Balaban J connectivity index is 3.06. The molecule has 0 saturated heterocycles. The van der Waals surface area contributed by atoms with Crippen LogP contribution in [0.5, 0.6) is 0 Å². The monoisotopic (exact) mass is 327 g/mol. The van der Waals surface area contributed by atoms with Crippen LogP contribution in [0.25, 0.3) is 0 Å². The maximum Gasteiger partial charge on any atom is 0.219 e. The predicted octanol–water partition coefficient (Wildman–Crippen LogP) is 5.36. The van der Waals surface area contributed by atoms with Crippen LogP contribution >= 0.6 is 0 Å². The van der Waals surface area contributed by atoms with Gasteiger partial charge >= 0.3 is 0 Å².